The van der Waals surface area contributed by atoms with E-state index in [-0.39, 0.29) is 5.56 Å². The number of H-pyrrole nitrogens is 1. The number of carbonyl (C=O) groups excluding carboxylic acids is 1. The SMILES string of the molecule is CCCCSc1nc2c(c(=O)[nH]1)[C@H](c1ccc(Cl)cc1)C(C(=O)OC)=C(C)N2. The van der Waals surface area contributed by atoms with Crippen LogP contribution in [0.25, 0.3) is 0 Å². The second-order valence-corrected chi connectivity index (χ2v) is 8.00. The minimum Gasteiger partial charge on any atom is -0.466 e. The Kier molecular flexibility index (Phi) is 6.46. The monoisotopic (exact) mass is 419 g/mol. The highest BCUT2D eigenvalue weighted by Crippen LogP contribution is 2.40. The van der Waals surface area contributed by atoms with Crippen LogP contribution in [-0.2, 0) is 9.53 Å². The molecule has 1 aromatic carbocycles. The van der Waals surface area contributed by atoms with Crippen LogP contribution in [0.3, 0.4) is 0 Å². The lowest BCUT2D eigenvalue weighted by molar-refractivity contribution is -0.136. The molecular formula is C20H22ClN3O3S. The van der Waals surface area contributed by atoms with Crippen LogP contribution in [0.2, 0.25) is 5.02 Å². The Bertz CT molecular complexity index is 970. The Morgan fingerprint density at radius 3 is 2.68 bits per heavy atom. The van der Waals surface area contributed by atoms with E-state index in [1.165, 1.54) is 18.9 Å². The fraction of sp³-hybridized carbons (Fsp3) is 0.350. The van der Waals surface area contributed by atoms with E-state index in [2.05, 4.69) is 22.2 Å². The van der Waals surface area contributed by atoms with E-state index in [9.17, 15) is 9.59 Å². The van der Waals surface area contributed by atoms with E-state index in [1.54, 1.807) is 19.1 Å². The van der Waals surface area contributed by atoms with Crippen molar-refractivity contribution in [1.82, 2.24) is 9.97 Å². The van der Waals surface area contributed by atoms with Gasteiger partial charge in [0.1, 0.15) is 5.82 Å². The third-order valence-electron chi connectivity index (χ3n) is 4.57. The van der Waals surface area contributed by atoms with Gasteiger partial charge in [-0.1, -0.05) is 48.8 Å². The Morgan fingerprint density at radius 2 is 2.04 bits per heavy atom. The molecule has 148 valence electrons. The summed E-state index contributed by atoms with van der Waals surface area (Å²) < 4.78 is 4.98. The van der Waals surface area contributed by atoms with Crippen LogP contribution in [0.5, 0.6) is 0 Å². The Morgan fingerprint density at radius 1 is 1.32 bits per heavy atom. The molecule has 8 heteroatoms. The summed E-state index contributed by atoms with van der Waals surface area (Å²) in [4.78, 5) is 32.9. The quantitative estimate of drug-likeness (QED) is 0.314. The molecule has 0 amide bonds. The highest BCUT2D eigenvalue weighted by atomic mass is 35.5. The number of allylic oxidation sites excluding steroid dienone is 1. The maximum atomic E-state index is 13.0. The summed E-state index contributed by atoms with van der Waals surface area (Å²) in [6, 6.07) is 7.09. The normalized spacial score (nSPS) is 15.8. The van der Waals surface area contributed by atoms with Gasteiger partial charge in [0.05, 0.1) is 24.2 Å². The summed E-state index contributed by atoms with van der Waals surface area (Å²) in [5, 5.41) is 4.26. The predicted octanol–water partition coefficient (Wildman–Crippen LogP) is 4.32. The van der Waals surface area contributed by atoms with Crippen molar-refractivity contribution in [2.24, 2.45) is 0 Å². The minimum absolute atomic E-state index is 0.273. The first kappa shape index (κ1) is 20.5. The lowest BCUT2D eigenvalue weighted by Crippen LogP contribution is -2.31. The number of hydrogen-bond donors (Lipinski definition) is 2. The highest BCUT2D eigenvalue weighted by molar-refractivity contribution is 7.99. The van der Waals surface area contributed by atoms with Gasteiger partial charge in [0.2, 0.25) is 0 Å². The molecule has 6 nitrogen and oxygen atoms in total. The molecule has 0 radical (unpaired) electrons. The molecule has 2 aromatic rings. The zero-order valence-electron chi connectivity index (χ0n) is 16.0. The van der Waals surface area contributed by atoms with Gasteiger partial charge in [-0.25, -0.2) is 9.78 Å². The molecule has 1 aliphatic rings. The Labute approximate surface area is 172 Å². The topological polar surface area (TPSA) is 84.1 Å². The number of halogens is 1. The molecule has 0 unspecified atom stereocenters. The first-order valence-corrected chi connectivity index (χ1v) is 10.4. The van der Waals surface area contributed by atoms with Crippen LogP contribution < -0.4 is 10.9 Å². The van der Waals surface area contributed by atoms with Gasteiger partial charge in [-0.15, -0.1) is 0 Å². The third kappa shape index (κ3) is 4.10. The minimum atomic E-state index is -0.591. The number of ether oxygens (including phenoxy) is 1. The van der Waals surface area contributed by atoms with Crippen LogP contribution in [-0.4, -0.2) is 28.8 Å². The molecular weight excluding hydrogens is 398 g/mol. The number of aromatic nitrogens is 2. The summed E-state index contributed by atoms with van der Waals surface area (Å²) in [6.45, 7) is 3.90. The largest absolute Gasteiger partial charge is 0.466 e. The van der Waals surface area contributed by atoms with E-state index < -0.39 is 11.9 Å². The van der Waals surface area contributed by atoms with E-state index in [1.807, 2.05) is 12.1 Å². The molecule has 0 fully saturated rings. The Balaban J connectivity index is 2.13. The van der Waals surface area contributed by atoms with Crippen molar-refractivity contribution in [3.8, 4) is 0 Å². The third-order valence-corrected chi connectivity index (χ3v) is 5.78. The number of nitrogens with zero attached hydrogens (tertiary/aromatic N) is 1. The van der Waals surface area contributed by atoms with Gasteiger partial charge in [0.15, 0.2) is 5.16 Å². The molecule has 2 N–H and O–H groups in total. The van der Waals surface area contributed by atoms with Gasteiger partial charge < -0.3 is 15.0 Å². The number of unbranched alkanes of at least 4 members (excludes halogenated alkanes) is 1. The van der Waals surface area contributed by atoms with Crippen molar-refractivity contribution in [3.05, 3.63) is 62.0 Å². The number of methoxy groups -OCH3 is 1. The van der Waals surface area contributed by atoms with Crippen molar-refractivity contribution in [2.75, 3.05) is 18.2 Å². The fourth-order valence-electron chi connectivity index (χ4n) is 3.18. The number of thioether (sulfide) groups is 1. The van der Waals surface area contributed by atoms with E-state index in [4.69, 9.17) is 16.3 Å². The zero-order valence-corrected chi connectivity index (χ0v) is 17.5. The molecule has 0 saturated carbocycles. The summed E-state index contributed by atoms with van der Waals surface area (Å²) in [6.07, 6.45) is 2.11. The van der Waals surface area contributed by atoms with Crippen LogP contribution in [0.15, 0.2) is 45.5 Å². The maximum Gasteiger partial charge on any atom is 0.336 e. The Hall–Kier alpha value is -2.25. The number of nitrogens with one attached hydrogen (secondary N) is 2. The number of rotatable bonds is 6. The van der Waals surface area contributed by atoms with Gasteiger partial charge >= 0.3 is 5.97 Å². The zero-order chi connectivity index (χ0) is 20.3. The first-order chi connectivity index (χ1) is 13.5. The molecule has 0 saturated heterocycles. The molecule has 0 aliphatic carbocycles. The van der Waals surface area contributed by atoms with Crippen LogP contribution in [0.1, 0.15) is 43.7 Å². The van der Waals surface area contributed by atoms with E-state index in [0.717, 1.165) is 24.2 Å². The number of hydrogen-bond acceptors (Lipinski definition) is 6. The lowest BCUT2D eigenvalue weighted by Gasteiger charge is -2.28. The molecule has 1 aromatic heterocycles. The van der Waals surface area contributed by atoms with Gasteiger partial charge in [-0.3, -0.25) is 4.79 Å². The molecule has 3 rings (SSSR count). The van der Waals surface area contributed by atoms with Crippen molar-refractivity contribution >= 4 is 35.1 Å². The van der Waals surface area contributed by atoms with Crippen LogP contribution in [0, 0.1) is 0 Å². The number of carbonyl (C=O) groups is 1. The number of benzene rings is 1. The average molecular weight is 420 g/mol. The van der Waals surface area contributed by atoms with Crippen LogP contribution >= 0.6 is 23.4 Å². The van der Waals surface area contributed by atoms with Crippen molar-refractivity contribution < 1.29 is 9.53 Å². The summed E-state index contributed by atoms with van der Waals surface area (Å²) in [5.41, 5.74) is 1.89. The molecule has 1 atom stereocenters. The molecule has 1 aliphatic heterocycles. The van der Waals surface area contributed by atoms with Crippen LogP contribution in [0.4, 0.5) is 5.82 Å². The summed E-state index contributed by atoms with van der Waals surface area (Å²) in [5.74, 6) is 0.261. The lowest BCUT2D eigenvalue weighted by atomic mass is 9.82. The molecule has 0 spiro atoms. The number of fused-ring (bicyclic) bond motifs is 1. The van der Waals surface area contributed by atoms with E-state index in [0.29, 0.717) is 32.8 Å². The van der Waals surface area contributed by atoms with Crippen molar-refractivity contribution in [3.63, 3.8) is 0 Å². The maximum absolute atomic E-state index is 13.0. The standard InChI is InChI=1S/C20H22ClN3O3S/c1-4-5-10-28-20-23-17-16(18(25)24-20)15(12-6-8-13(21)9-7-12)14(11(2)22-17)19(26)27-3/h6-9,15H,4-5,10H2,1-3H3,(H2,22,23,24,25)/t15-/m1/s1. The summed E-state index contributed by atoms with van der Waals surface area (Å²) >= 11 is 7.53. The number of anilines is 1. The second kappa shape index (κ2) is 8.84. The predicted molar refractivity (Wildman–Crippen MR) is 112 cm³/mol. The van der Waals surface area contributed by atoms with Gasteiger partial charge in [-0.05, 0) is 31.0 Å². The van der Waals surface area contributed by atoms with Gasteiger partial charge in [0.25, 0.3) is 5.56 Å². The van der Waals surface area contributed by atoms with E-state index >= 15 is 0 Å². The molecule has 0 bridgehead atoms. The van der Waals surface area contributed by atoms with Crippen molar-refractivity contribution in [2.45, 2.75) is 37.8 Å². The summed E-state index contributed by atoms with van der Waals surface area (Å²) in [7, 11) is 1.33. The highest BCUT2D eigenvalue weighted by Gasteiger charge is 2.36. The number of esters is 1. The fourth-order valence-corrected chi connectivity index (χ4v) is 4.25. The van der Waals surface area contributed by atoms with Gasteiger partial charge in [-0.2, -0.15) is 0 Å². The molecule has 28 heavy (non-hydrogen) atoms. The number of aromatic amines is 1. The second-order valence-electron chi connectivity index (χ2n) is 6.48. The average Bonchev–Trinajstić information content (AvgIpc) is 2.67. The first-order valence-electron chi connectivity index (χ1n) is 9.04. The van der Waals surface area contributed by atoms with Crippen molar-refractivity contribution in [1.29, 1.82) is 0 Å². The molecule has 2 heterocycles. The van der Waals surface area contributed by atoms with Gasteiger partial charge in [0, 0.05) is 16.5 Å². The smallest absolute Gasteiger partial charge is 0.336 e.